The molecule has 0 aliphatic carbocycles. The number of rotatable bonds is 6. The molecule has 0 saturated heterocycles. The molecule has 0 aliphatic rings. The van der Waals surface area contributed by atoms with E-state index in [1.165, 1.54) is 12.1 Å². The molecule has 106 valence electrons. The number of anilines is 1. The third-order valence-corrected chi connectivity index (χ3v) is 3.05. The maximum absolute atomic E-state index is 13.2. The van der Waals surface area contributed by atoms with Crippen molar-refractivity contribution in [2.45, 2.75) is 13.0 Å². The normalized spacial score (nSPS) is 9.90. The summed E-state index contributed by atoms with van der Waals surface area (Å²) in [5.41, 5.74) is 1.85. The minimum Gasteiger partial charge on any atom is -0.366 e. The number of halogens is 1. The lowest BCUT2D eigenvalue weighted by Gasteiger charge is -2.25. The summed E-state index contributed by atoms with van der Waals surface area (Å²) in [5, 5.41) is 8.78. The Kier molecular flexibility index (Phi) is 4.99. The zero-order valence-corrected chi connectivity index (χ0v) is 11.4. The van der Waals surface area contributed by atoms with Crippen LogP contribution in [-0.4, -0.2) is 17.8 Å². The lowest BCUT2D eigenvalue weighted by molar-refractivity contribution is 0.112. The first-order chi connectivity index (χ1) is 10.2. The van der Waals surface area contributed by atoms with Gasteiger partial charge in [-0.3, -0.25) is 9.78 Å². The van der Waals surface area contributed by atoms with Crippen LogP contribution in [0.2, 0.25) is 0 Å². The van der Waals surface area contributed by atoms with Crippen molar-refractivity contribution in [3.8, 4) is 6.07 Å². The van der Waals surface area contributed by atoms with E-state index in [1.807, 2.05) is 17.0 Å². The molecule has 0 fully saturated rings. The minimum absolute atomic E-state index is 0.275. The van der Waals surface area contributed by atoms with E-state index in [0.29, 0.717) is 31.5 Å². The van der Waals surface area contributed by atoms with Crippen LogP contribution in [0.25, 0.3) is 0 Å². The van der Waals surface area contributed by atoms with Crippen LogP contribution in [0.3, 0.4) is 0 Å². The van der Waals surface area contributed by atoms with Crippen molar-refractivity contribution in [3.05, 3.63) is 59.7 Å². The standard InChI is InChI=1S/C16H14FN3O/c17-15-4-5-16(14(9-15)12-21)20(8-2-6-18)11-13-3-1-7-19-10-13/h1,3-5,7,9-10,12H,2,8,11H2. The van der Waals surface area contributed by atoms with Crippen LogP contribution in [0.15, 0.2) is 42.7 Å². The fraction of sp³-hybridized carbons (Fsp3) is 0.188. The summed E-state index contributed by atoms with van der Waals surface area (Å²) in [6, 6.07) is 9.89. The Hall–Kier alpha value is -2.74. The summed E-state index contributed by atoms with van der Waals surface area (Å²) >= 11 is 0. The Morgan fingerprint density at radius 1 is 1.38 bits per heavy atom. The first-order valence-electron chi connectivity index (χ1n) is 6.50. The summed E-state index contributed by atoms with van der Waals surface area (Å²) in [4.78, 5) is 17.1. The second kappa shape index (κ2) is 7.15. The number of aldehydes is 1. The lowest BCUT2D eigenvalue weighted by Crippen LogP contribution is -2.25. The highest BCUT2D eigenvalue weighted by Crippen LogP contribution is 2.22. The number of aromatic nitrogens is 1. The van der Waals surface area contributed by atoms with Gasteiger partial charge in [0.25, 0.3) is 0 Å². The predicted molar refractivity (Wildman–Crippen MR) is 77.3 cm³/mol. The smallest absolute Gasteiger partial charge is 0.152 e. The van der Waals surface area contributed by atoms with Crippen molar-refractivity contribution < 1.29 is 9.18 Å². The van der Waals surface area contributed by atoms with Gasteiger partial charge in [0, 0.05) is 36.7 Å². The summed E-state index contributed by atoms with van der Waals surface area (Å²) in [7, 11) is 0. The van der Waals surface area contributed by atoms with Crippen LogP contribution in [0.4, 0.5) is 10.1 Å². The van der Waals surface area contributed by atoms with Gasteiger partial charge in [0.15, 0.2) is 6.29 Å². The zero-order valence-electron chi connectivity index (χ0n) is 11.4. The number of carbonyl (C=O) groups excluding carboxylic acids is 1. The molecule has 4 nitrogen and oxygen atoms in total. The van der Waals surface area contributed by atoms with Gasteiger partial charge in [0.1, 0.15) is 5.82 Å². The fourth-order valence-corrected chi connectivity index (χ4v) is 2.09. The van der Waals surface area contributed by atoms with E-state index >= 15 is 0 Å². The Morgan fingerprint density at radius 2 is 2.24 bits per heavy atom. The number of pyridine rings is 1. The average molecular weight is 283 g/mol. The molecule has 2 rings (SSSR count). The molecular formula is C16H14FN3O. The summed E-state index contributed by atoms with van der Waals surface area (Å²) in [5.74, 6) is -0.456. The molecule has 2 aromatic rings. The van der Waals surface area contributed by atoms with E-state index in [9.17, 15) is 9.18 Å². The van der Waals surface area contributed by atoms with E-state index in [0.717, 1.165) is 5.56 Å². The largest absolute Gasteiger partial charge is 0.366 e. The number of hydrogen-bond acceptors (Lipinski definition) is 4. The van der Waals surface area contributed by atoms with Gasteiger partial charge in [-0.15, -0.1) is 0 Å². The van der Waals surface area contributed by atoms with E-state index in [1.54, 1.807) is 18.5 Å². The minimum atomic E-state index is -0.456. The van der Waals surface area contributed by atoms with Gasteiger partial charge in [-0.25, -0.2) is 4.39 Å². The Bertz CT molecular complexity index is 652. The highest BCUT2D eigenvalue weighted by Gasteiger charge is 2.12. The highest BCUT2D eigenvalue weighted by atomic mass is 19.1. The van der Waals surface area contributed by atoms with E-state index < -0.39 is 5.82 Å². The molecule has 1 aromatic heterocycles. The van der Waals surface area contributed by atoms with Gasteiger partial charge < -0.3 is 4.90 Å². The van der Waals surface area contributed by atoms with Crippen molar-refractivity contribution >= 4 is 12.0 Å². The average Bonchev–Trinajstić information content (AvgIpc) is 2.52. The zero-order chi connectivity index (χ0) is 15.1. The highest BCUT2D eigenvalue weighted by molar-refractivity contribution is 5.84. The maximum Gasteiger partial charge on any atom is 0.152 e. The van der Waals surface area contributed by atoms with E-state index in [4.69, 9.17) is 5.26 Å². The van der Waals surface area contributed by atoms with Gasteiger partial charge in [-0.1, -0.05) is 6.07 Å². The van der Waals surface area contributed by atoms with Crippen LogP contribution >= 0.6 is 0 Å². The van der Waals surface area contributed by atoms with Gasteiger partial charge in [-0.05, 0) is 29.8 Å². The molecule has 0 aliphatic heterocycles. The third-order valence-electron chi connectivity index (χ3n) is 3.05. The first-order valence-corrected chi connectivity index (χ1v) is 6.50. The molecule has 0 amide bonds. The van der Waals surface area contributed by atoms with Gasteiger partial charge in [0.2, 0.25) is 0 Å². The van der Waals surface area contributed by atoms with Crippen molar-refractivity contribution in [3.63, 3.8) is 0 Å². The number of benzene rings is 1. The Balaban J connectivity index is 2.31. The number of nitrogens with zero attached hydrogens (tertiary/aromatic N) is 3. The molecule has 1 heterocycles. The molecule has 0 bridgehead atoms. The summed E-state index contributed by atoms with van der Waals surface area (Å²) in [6.07, 6.45) is 4.35. The molecule has 0 saturated carbocycles. The van der Waals surface area contributed by atoms with E-state index in [2.05, 4.69) is 11.1 Å². The Labute approximate surface area is 122 Å². The molecule has 0 spiro atoms. The van der Waals surface area contributed by atoms with Crippen molar-refractivity contribution in [1.29, 1.82) is 5.26 Å². The SMILES string of the molecule is N#CCCN(Cc1cccnc1)c1ccc(F)cc1C=O. The second-order valence-corrected chi connectivity index (χ2v) is 4.51. The van der Waals surface area contributed by atoms with Crippen molar-refractivity contribution in [2.75, 3.05) is 11.4 Å². The summed E-state index contributed by atoms with van der Waals surface area (Å²) in [6.45, 7) is 0.958. The third kappa shape index (κ3) is 3.86. The van der Waals surface area contributed by atoms with E-state index in [-0.39, 0.29) is 5.56 Å². The van der Waals surface area contributed by atoms with Crippen molar-refractivity contribution in [1.82, 2.24) is 4.98 Å². The quantitative estimate of drug-likeness (QED) is 0.765. The molecule has 21 heavy (non-hydrogen) atoms. The molecule has 0 radical (unpaired) electrons. The van der Waals surface area contributed by atoms with Gasteiger partial charge >= 0.3 is 0 Å². The topological polar surface area (TPSA) is 57.0 Å². The van der Waals surface area contributed by atoms with Gasteiger partial charge in [0.05, 0.1) is 12.5 Å². The van der Waals surface area contributed by atoms with Crippen LogP contribution in [0.1, 0.15) is 22.3 Å². The van der Waals surface area contributed by atoms with Crippen molar-refractivity contribution in [2.24, 2.45) is 0 Å². The van der Waals surface area contributed by atoms with Crippen LogP contribution in [-0.2, 0) is 6.54 Å². The Morgan fingerprint density at radius 3 is 2.90 bits per heavy atom. The molecule has 1 aromatic carbocycles. The van der Waals surface area contributed by atoms with Gasteiger partial charge in [-0.2, -0.15) is 5.26 Å². The first kappa shape index (κ1) is 14.7. The predicted octanol–water partition coefficient (Wildman–Crippen LogP) is 2.95. The summed E-state index contributed by atoms with van der Waals surface area (Å²) < 4.78 is 13.2. The molecule has 0 N–H and O–H groups in total. The number of carbonyl (C=O) groups is 1. The number of hydrogen-bond donors (Lipinski definition) is 0. The fourth-order valence-electron chi connectivity index (χ4n) is 2.09. The van der Waals surface area contributed by atoms with Crippen LogP contribution < -0.4 is 4.90 Å². The maximum atomic E-state index is 13.2. The van der Waals surface area contributed by atoms with Crippen LogP contribution in [0, 0.1) is 17.1 Å². The van der Waals surface area contributed by atoms with Crippen LogP contribution in [0.5, 0.6) is 0 Å². The number of nitriles is 1. The lowest BCUT2D eigenvalue weighted by atomic mass is 10.1. The monoisotopic (exact) mass is 283 g/mol. The molecule has 5 heteroatoms. The molecular weight excluding hydrogens is 269 g/mol. The second-order valence-electron chi connectivity index (χ2n) is 4.51. The molecule has 0 unspecified atom stereocenters. The molecule has 0 atom stereocenters.